The quantitative estimate of drug-likeness (QED) is 0.565. The minimum Gasteiger partial charge on any atom is -0.381 e. The molecular weight excluding hydrogens is 325 g/mol. The Hall–Kier alpha value is -2.07. The summed E-state index contributed by atoms with van der Waals surface area (Å²) in [4.78, 5) is 6.39. The maximum Gasteiger partial charge on any atom is 0.126 e. The minimum atomic E-state index is -0.186. The highest BCUT2D eigenvalue weighted by Crippen LogP contribution is 2.31. The first-order chi connectivity index (χ1) is 11.4. The second kappa shape index (κ2) is 8.15. The van der Waals surface area contributed by atoms with Crippen molar-refractivity contribution in [1.82, 2.24) is 4.90 Å². The summed E-state index contributed by atoms with van der Waals surface area (Å²) >= 11 is 6.32. The van der Waals surface area contributed by atoms with Crippen molar-refractivity contribution < 1.29 is 4.39 Å². The van der Waals surface area contributed by atoms with Gasteiger partial charge in [-0.05, 0) is 55.7 Å². The molecule has 0 fully saturated rings. The van der Waals surface area contributed by atoms with Crippen molar-refractivity contribution >= 4 is 29.3 Å². The van der Waals surface area contributed by atoms with Gasteiger partial charge in [-0.25, -0.2) is 9.38 Å². The van der Waals surface area contributed by atoms with Crippen molar-refractivity contribution in [1.29, 1.82) is 0 Å². The van der Waals surface area contributed by atoms with Crippen molar-refractivity contribution in [2.45, 2.75) is 27.3 Å². The molecule has 0 radical (unpaired) electrons. The number of nitrogens with one attached hydrogen (secondary N) is 1. The zero-order valence-electron chi connectivity index (χ0n) is 14.5. The molecule has 0 bridgehead atoms. The lowest BCUT2D eigenvalue weighted by Gasteiger charge is -2.13. The summed E-state index contributed by atoms with van der Waals surface area (Å²) in [7, 11) is 1.96. The maximum atomic E-state index is 13.6. The molecular formula is C19H23ClFN3. The third kappa shape index (κ3) is 4.71. The van der Waals surface area contributed by atoms with Crippen LogP contribution in [0.4, 0.5) is 15.8 Å². The van der Waals surface area contributed by atoms with Crippen LogP contribution in [-0.4, -0.2) is 24.8 Å². The number of anilines is 1. The number of nitrogens with zero attached hydrogens (tertiary/aromatic N) is 2. The van der Waals surface area contributed by atoms with Gasteiger partial charge in [-0.2, -0.15) is 0 Å². The number of halogens is 2. The Morgan fingerprint density at radius 2 is 1.96 bits per heavy atom. The highest BCUT2D eigenvalue weighted by Gasteiger charge is 2.06. The number of aliphatic imine (C=N–C) groups is 1. The van der Waals surface area contributed by atoms with E-state index in [1.54, 1.807) is 25.4 Å². The number of rotatable bonds is 6. The number of hydrogen-bond donors (Lipinski definition) is 1. The van der Waals surface area contributed by atoms with Gasteiger partial charge >= 0.3 is 0 Å². The van der Waals surface area contributed by atoms with Crippen LogP contribution in [0.15, 0.2) is 35.3 Å². The first-order valence-corrected chi connectivity index (χ1v) is 8.32. The monoisotopic (exact) mass is 347 g/mol. The molecule has 0 saturated carbocycles. The van der Waals surface area contributed by atoms with E-state index in [0.717, 1.165) is 29.0 Å². The minimum absolute atomic E-state index is 0.186. The van der Waals surface area contributed by atoms with E-state index in [1.165, 1.54) is 0 Å². The Kier molecular flexibility index (Phi) is 6.21. The van der Waals surface area contributed by atoms with Crippen LogP contribution in [0, 0.1) is 19.7 Å². The van der Waals surface area contributed by atoms with E-state index in [-0.39, 0.29) is 5.82 Å². The number of benzene rings is 2. The van der Waals surface area contributed by atoms with E-state index >= 15 is 0 Å². The van der Waals surface area contributed by atoms with Gasteiger partial charge in [0.15, 0.2) is 0 Å². The summed E-state index contributed by atoms with van der Waals surface area (Å²) in [5, 5.41) is 3.89. The molecule has 1 N–H and O–H groups in total. The number of aryl methyl sites for hydroxylation is 2. The molecule has 2 aromatic carbocycles. The summed E-state index contributed by atoms with van der Waals surface area (Å²) < 4.78 is 13.6. The predicted molar refractivity (Wildman–Crippen MR) is 101 cm³/mol. The summed E-state index contributed by atoms with van der Waals surface area (Å²) in [6.07, 6.45) is 1.77. The average molecular weight is 348 g/mol. The Morgan fingerprint density at radius 3 is 2.62 bits per heavy atom. The van der Waals surface area contributed by atoms with Crippen LogP contribution in [0.3, 0.4) is 0 Å². The molecule has 0 aliphatic heterocycles. The normalized spacial score (nSPS) is 11.1. The Balaban J connectivity index is 2.12. The molecule has 128 valence electrons. The van der Waals surface area contributed by atoms with Crippen LogP contribution >= 0.6 is 11.6 Å². The van der Waals surface area contributed by atoms with E-state index in [4.69, 9.17) is 11.6 Å². The van der Waals surface area contributed by atoms with Crippen molar-refractivity contribution in [3.8, 4) is 0 Å². The lowest BCUT2D eigenvalue weighted by atomic mass is 10.1. The molecule has 3 nitrogen and oxygen atoms in total. The molecule has 0 atom stereocenters. The van der Waals surface area contributed by atoms with E-state index in [0.29, 0.717) is 17.1 Å². The van der Waals surface area contributed by atoms with Crippen molar-refractivity contribution in [3.63, 3.8) is 0 Å². The summed E-state index contributed by atoms with van der Waals surface area (Å²) in [6.45, 7) is 7.23. The fourth-order valence-electron chi connectivity index (χ4n) is 2.14. The summed E-state index contributed by atoms with van der Waals surface area (Å²) in [6, 6.07) is 9.06. The molecule has 0 heterocycles. The second-order valence-electron chi connectivity index (χ2n) is 5.87. The third-order valence-electron chi connectivity index (χ3n) is 3.91. The highest BCUT2D eigenvalue weighted by molar-refractivity contribution is 6.33. The number of hydrogen-bond acceptors (Lipinski definition) is 2. The fourth-order valence-corrected chi connectivity index (χ4v) is 2.35. The fraction of sp³-hybridized carbons (Fsp3) is 0.316. The van der Waals surface area contributed by atoms with Crippen LogP contribution in [0.2, 0.25) is 5.02 Å². The van der Waals surface area contributed by atoms with Gasteiger partial charge in [0, 0.05) is 25.8 Å². The van der Waals surface area contributed by atoms with Gasteiger partial charge < -0.3 is 10.2 Å². The first-order valence-electron chi connectivity index (χ1n) is 7.94. The Bertz CT molecular complexity index is 744. The second-order valence-corrected chi connectivity index (χ2v) is 6.28. The van der Waals surface area contributed by atoms with Crippen LogP contribution < -0.4 is 5.32 Å². The summed E-state index contributed by atoms with van der Waals surface area (Å²) in [5.41, 5.74) is 4.24. The molecule has 0 amide bonds. The van der Waals surface area contributed by atoms with Gasteiger partial charge in [-0.3, -0.25) is 0 Å². The topological polar surface area (TPSA) is 27.6 Å². The molecule has 0 spiro atoms. The van der Waals surface area contributed by atoms with Gasteiger partial charge in [0.1, 0.15) is 5.82 Å². The Labute approximate surface area is 148 Å². The van der Waals surface area contributed by atoms with Crippen LogP contribution in [0.25, 0.3) is 0 Å². The van der Waals surface area contributed by atoms with Crippen molar-refractivity contribution in [3.05, 3.63) is 57.9 Å². The lowest BCUT2D eigenvalue weighted by Crippen LogP contribution is -2.14. The third-order valence-corrected chi connectivity index (χ3v) is 4.21. The van der Waals surface area contributed by atoms with Crippen LogP contribution in [0.1, 0.15) is 23.6 Å². The van der Waals surface area contributed by atoms with Crippen molar-refractivity contribution in [2.24, 2.45) is 4.99 Å². The van der Waals surface area contributed by atoms with E-state index in [9.17, 15) is 4.39 Å². The van der Waals surface area contributed by atoms with E-state index < -0.39 is 0 Å². The van der Waals surface area contributed by atoms with Crippen LogP contribution in [0.5, 0.6) is 0 Å². The zero-order valence-corrected chi connectivity index (χ0v) is 15.3. The molecule has 0 aliphatic rings. The first kappa shape index (κ1) is 18.3. The van der Waals surface area contributed by atoms with Gasteiger partial charge in [0.05, 0.1) is 17.0 Å². The zero-order chi connectivity index (χ0) is 17.7. The molecule has 0 saturated heterocycles. The molecule has 24 heavy (non-hydrogen) atoms. The molecule has 0 aromatic heterocycles. The highest BCUT2D eigenvalue weighted by atomic mass is 35.5. The average Bonchev–Trinajstić information content (AvgIpc) is 2.56. The van der Waals surface area contributed by atoms with Crippen LogP contribution in [-0.2, 0) is 6.54 Å². The van der Waals surface area contributed by atoms with Gasteiger partial charge in [0.25, 0.3) is 0 Å². The standard InChI is InChI=1S/C19H23ClFN3/c1-5-24(4)12-23-19-8-14(3)18(10-16(19)20)22-11-15-7-6-13(2)17(21)9-15/h6-10,12,22H,5,11H2,1-4H3. The summed E-state index contributed by atoms with van der Waals surface area (Å²) in [5.74, 6) is -0.186. The van der Waals surface area contributed by atoms with Gasteiger partial charge in [-0.1, -0.05) is 23.7 Å². The Morgan fingerprint density at radius 1 is 1.21 bits per heavy atom. The van der Waals surface area contributed by atoms with E-state index in [2.05, 4.69) is 17.2 Å². The molecule has 5 heteroatoms. The van der Waals surface area contributed by atoms with Gasteiger partial charge in [0.2, 0.25) is 0 Å². The van der Waals surface area contributed by atoms with Crippen molar-refractivity contribution in [2.75, 3.05) is 18.9 Å². The predicted octanol–water partition coefficient (Wildman–Crippen LogP) is 5.32. The molecule has 0 unspecified atom stereocenters. The molecule has 2 aromatic rings. The largest absolute Gasteiger partial charge is 0.381 e. The van der Waals surface area contributed by atoms with E-state index in [1.807, 2.05) is 37.1 Å². The SMILES string of the molecule is CCN(C)C=Nc1cc(C)c(NCc2ccc(C)c(F)c2)cc1Cl. The smallest absolute Gasteiger partial charge is 0.126 e. The molecule has 0 aliphatic carbocycles. The maximum absolute atomic E-state index is 13.6. The molecule has 2 rings (SSSR count). The lowest BCUT2D eigenvalue weighted by molar-refractivity contribution is 0.552. The van der Waals surface area contributed by atoms with Gasteiger partial charge in [-0.15, -0.1) is 0 Å².